The van der Waals surface area contributed by atoms with E-state index in [4.69, 9.17) is 25.8 Å². The summed E-state index contributed by atoms with van der Waals surface area (Å²) in [5.41, 5.74) is 5.29. The molecule has 2 N–H and O–H groups in total. The smallest absolute Gasteiger partial charge is 0.203 e. The highest BCUT2D eigenvalue weighted by atomic mass is 35.5. The normalized spacial score (nSPS) is 19.0. The average molecular weight is 491 g/mol. The molecular weight excluding hydrogens is 464 g/mol. The summed E-state index contributed by atoms with van der Waals surface area (Å²) in [6.07, 6.45) is 1.01. The summed E-state index contributed by atoms with van der Waals surface area (Å²) in [5, 5.41) is 7.75. The van der Waals surface area contributed by atoms with Gasteiger partial charge in [-0.05, 0) is 53.8 Å². The van der Waals surface area contributed by atoms with Gasteiger partial charge in [0.2, 0.25) is 5.75 Å². The maximum absolute atomic E-state index is 13.8. The molecule has 0 saturated carbocycles. The Balaban J connectivity index is 1.61. The number of ketones is 1. The van der Waals surface area contributed by atoms with Gasteiger partial charge < -0.3 is 24.8 Å². The Hall–Kier alpha value is -3.64. The van der Waals surface area contributed by atoms with E-state index < -0.39 is 0 Å². The molecule has 1 aliphatic heterocycles. The van der Waals surface area contributed by atoms with Crippen LogP contribution in [-0.4, -0.2) is 27.1 Å². The second kappa shape index (κ2) is 9.55. The van der Waals surface area contributed by atoms with Gasteiger partial charge in [-0.25, -0.2) is 0 Å². The van der Waals surface area contributed by atoms with E-state index in [0.29, 0.717) is 35.1 Å². The van der Waals surface area contributed by atoms with Crippen molar-refractivity contribution in [1.82, 2.24) is 0 Å². The summed E-state index contributed by atoms with van der Waals surface area (Å²) < 4.78 is 16.6. The SMILES string of the molecule is COc1cc(C2CC(=O)C3=C(C2)Nc2ccccc2NC3c2ccccc2Cl)cc(OC)c1OC. The fourth-order valence-electron chi connectivity index (χ4n) is 5.01. The summed E-state index contributed by atoms with van der Waals surface area (Å²) in [7, 11) is 4.77. The quantitative estimate of drug-likeness (QED) is 0.434. The van der Waals surface area contributed by atoms with E-state index in [0.717, 1.165) is 33.8 Å². The number of allylic oxidation sites excluding steroid dienone is 1. The monoisotopic (exact) mass is 490 g/mol. The highest BCUT2D eigenvalue weighted by Gasteiger charge is 2.37. The minimum Gasteiger partial charge on any atom is -0.493 e. The summed E-state index contributed by atoms with van der Waals surface area (Å²) in [5.74, 6) is 1.69. The van der Waals surface area contributed by atoms with Gasteiger partial charge in [-0.1, -0.05) is 41.9 Å². The van der Waals surface area contributed by atoms with Gasteiger partial charge in [0.1, 0.15) is 0 Å². The Morgan fingerprint density at radius 2 is 1.51 bits per heavy atom. The van der Waals surface area contributed by atoms with Gasteiger partial charge in [0.05, 0.1) is 38.7 Å². The van der Waals surface area contributed by atoms with Crippen LogP contribution < -0.4 is 24.8 Å². The molecule has 0 amide bonds. The van der Waals surface area contributed by atoms with Crippen molar-refractivity contribution in [1.29, 1.82) is 0 Å². The summed E-state index contributed by atoms with van der Waals surface area (Å²) in [6.45, 7) is 0. The molecule has 0 spiro atoms. The largest absolute Gasteiger partial charge is 0.493 e. The predicted octanol–water partition coefficient (Wildman–Crippen LogP) is 6.35. The summed E-state index contributed by atoms with van der Waals surface area (Å²) >= 11 is 6.60. The standard InChI is InChI=1S/C28H27ClN2O4/c1-33-24-14-17(15-25(34-2)28(24)35-3)16-12-22-26(23(32)13-16)27(18-8-4-5-9-19(18)29)31-21-11-7-6-10-20(21)30-22/h4-11,14-16,27,30-31H,12-13H2,1-3H3. The van der Waals surface area contributed by atoms with Gasteiger partial charge in [0.15, 0.2) is 17.3 Å². The average Bonchev–Trinajstić information content (AvgIpc) is 3.04. The highest BCUT2D eigenvalue weighted by Crippen LogP contribution is 2.47. The number of nitrogens with one attached hydrogen (secondary N) is 2. The number of carbonyl (C=O) groups is 1. The van der Waals surface area contributed by atoms with E-state index in [1.54, 1.807) is 21.3 Å². The molecule has 2 aliphatic rings. The fourth-order valence-corrected chi connectivity index (χ4v) is 5.25. The Morgan fingerprint density at radius 3 is 2.17 bits per heavy atom. The number of anilines is 2. The zero-order valence-corrected chi connectivity index (χ0v) is 20.6. The molecule has 0 saturated heterocycles. The number of fused-ring (bicyclic) bond motifs is 1. The molecule has 2 atom stereocenters. The third kappa shape index (κ3) is 4.19. The lowest BCUT2D eigenvalue weighted by Crippen LogP contribution is -2.27. The van der Waals surface area contributed by atoms with Crippen LogP contribution in [0.3, 0.4) is 0 Å². The van der Waals surface area contributed by atoms with E-state index in [1.165, 1.54) is 0 Å². The first-order valence-electron chi connectivity index (χ1n) is 11.5. The van der Waals surface area contributed by atoms with E-state index in [9.17, 15) is 4.79 Å². The van der Waals surface area contributed by atoms with Crippen LogP contribution in [-0.2, 0) is 4.79 Å². The minimum atomic E-state index is -0.358. The number of ether oxygens (including phenoxy) is 3. The fraction of sp³-hybridized carbons (Fsp3) is 0.250. The van der Waals surface area contributed by atoms with Crippen molar-refractivity contribution in [3.8, 4) is 17.2 Å². The molecule has 7 heteroatoms. The molecule has 3 aromatic rings. The van der Waals surface area contributed by atoms with Crippen molar-refractivity contribution in [2.75, 3.05) is 32.0 Å². The number of rotatable bonds is 5. The van der Waals surface area contributed by atoms with Gasteiger partial charge >= 0.3 is 0 Å². The number of carbonyl (C=O) groups excluding carboxylic acids is 1. The molecule has 0 fully saturated rings. The molecule has 6 nitrogen and oxygen atoms in total. The van der Waals surface area contributed by atoms with Crippen LogP contribution in [0.1, 0.15) is 35.9 Å². The molecule has 35 heavy (non-hydrogen) atoms. The van der Waals surface area contributed by atoms with Gasteiger partial charge in [-0.3, -0.25) is 4.79 Å². The lowest BCUT2D eigenvalue weighted by Gasteiger charge is -2.30. The molecule has 5 rings (SSSR count). The third-order valence-corrected chi connectivity index (χ3v) is 7.03. The maximum atomic E-state index is 13.8. The van der Waals surface area contributed by atoms with Crippen molar-refractivity contribution in [2.45, 2.75) is 24.8 Å². The molecule has 3 aromatic carbocycles. The third-order valence-electron chi connectivity index (χ3n) is 6.68. The van der Waals surface area contributed by atoms with Crippen LogP contribution in [0, 0.1) is 0 Å². The number of halogens is 1. The number of para-hydroxylation sites is 2. The van der Waals surface area contributed by atoms with Crippen molar-refractivity contribution >= 4 is 28.8 Å². The van der Waals surface area contributed by atoms with Crippen molar-refractivity contribution in [2.24, 2.45) is 0 Å². The van der Waals surface area contributed by atoms with Gasteiger partial charge in [-0.15, -0.1) is 0 Å². The molecular formula is C28H27ClN2O4. The van der Waals surface area contributed by atoms with E-state index in [2.05, 4.69) is 10.6 Å². The zero-order valence-electron chi connectivity index (χ0n) is 19.9. The summed E-state index contributed by atoms with van der Waals surface area (Å²) in [4.78, 5) is 13.8. The van der Waals surface area contributed by atoms with E-state index in [1.807, 2.05) is 60.7 Å². The number of Topliss-reactive ketones (excluding diaryl/α,β-unsaturated/α-hetero) is 1. The van der Waals surface area contributed by atoms with Crippen LogP contribution in [0.5, 0.6) is 17.2 Å². The van der Waals surface area contributed by atoms with Crippen LogP contribution in [0.15, 0.2) is 71.9 Å². The first-order chi connectivity index (χ1) is 17.0. The first-order valence-corrected chi connectivity index (χ1v) is 11.8. The Labute approximate surface area is 209 Å². The van der Waals surface area contributed by atoms with Crippen molar-refractivity contribution in [3.63, 3.8) is 0 Å². The minimum absolute atomic E-state index is 0.0559. The van der Waals surface area contributed by atoms with Crippen molar-refractivity contribution in [3.05, 3.63) is 88.1 Å². The molecule has 0 bridgehead atoms. The predicted molar refractivity (Wildman–Crippen MR) is 138 cm³/mol. The topological polar surface area (TPSA) is 68.8 Å². The second-order valence-corrected chi connectivity index (χ2v) is 9.06. The number of hydrogen-bond donors (Lipinski definition) is 2. The van der Waals surface area contributed by atoms with E-state index >= 15 is 0 Å². The highest BCUT2D eigenvalue weighted by molar-refractivity contribution is 6.31. The number of hydrogen-bond acceptors (Lipinski definition) is 6. The van der Waals surface area contributed by atoms with Gasteiger partial charge in [0, 0.05) is 22.7 Å². The van der Waals surface area contributed by atoms with E-state index in [-0.39, 0.29) is 17.7 Å². The second-order valence-electron chi connectivity index (χ2n) is 8.65. The number of benzene rings is 3. The molecule has 0 radical (unpaired) electrons. The van der Waals surface area contributed by atoms with Crippen LogP contribution in [0.4, 0.5) is 11.4 Å². The first kappa shape index (κ1) is 23.1. The van der Waals surface area contributed by atoms with Crippen LogP contribution in [0.2, 0.25) is 5.02 Å². The zero-order chi connectivity index (χ0) is 24.5. The van der Waals surface area contributed by atoms with Crippen LogP contribution >= 0.6 is 11.6 Å². The lowest BCUT2D eigenvalue weighted by atomic mass is 9.78. The molecule has 1 heterocycles. The summed E-state index contributed by atoms with van der Waals surface area (Å²) in [6, 6.07) is 19.1. The Kier molecular flexibility index (Phi) is 6.31. The molecule has 180 valence electrons. The van der Waals surface area contributed by atoms with Crippen molar-refractivity contribution < 1.29 is 19.0 Å². The number of methoxy groups -OCH3 is 3. The Bertz CT molecular complexity index is 1290. The van der Waals surface area contributed by atoms with Gasteiger partial charge in [-0.2, -0.15) is 0 Å². The lowest BCUT2D eigenvalue weighted by molar-refractivity contribution is -0.116. The maximum Gasteiger partial charge on any atom is 0.203 e. The van der Waals surface area contributed by atoms with Gasteiger partial charge in [0.25, 0.3) is 0 Å². The molecule has 0 aromatic heterocycles. The van der Waals surface area contributed by atoms with Crippen LogP contribution in [0.25, 0.3) is 0 Å². The Morgan fingerprint density at radius 1 is 0.857 bits per heavy atom. The molecule has 2 unspecified atom stereocenters. The molecule has 1 aliphatic carbocycles.